The van der Waals surface area contributed by atoms with E-state index in [1.165, 1.54) is 94.6 Å². The molecule has 0 saturated heterocycles. The number of aryl methyl sites for hydroxylation is 2. The first kappa shape index (κ1) is 24.3. The van der Waals surface area contributed by atoms with Gasteiger partial charge in [0.2, 0.25) is 0 Å². The molecule has 0 unspecified atom stereocenters. The average Bonchev–Trinajstić information content (AvgIpc) is 3.66. The molecular weight excluding hydrogens is 380 g/mol. The van der Waals surface area contributed by atoms with Crippen LogP contribution in [-0.2, 0) is 22.4 Å². The first-order chi connectivity index (χ1) is 14.9. The summed E-state index contributed by atoms with van der Waals surface area (Å²) in [4.78, 5) is 10.6. The van der Waals surface area contributed by atoms with Gasteiger partial charge in [0.05, 0.1) is 0 Å². The van der Waals surface area contributed by atoms with E-state index in [1.807, 2.05) is 0 Å². The van der Waals surface area contributed by atoms with E-state index in [2.05, 4.69) is 33.8 Å². The summed E-state index contributed by atoms with van der Waals surface area (Å²) in [5.41, 5.74) is 8.39. The summed E-state index contributed by atoms with van der Waals surface area (Å²) in [6.45, 7) is 10.1. The maximum atomic E-state index is 10.6. The second-order valence-electron chi connectivity index (χ2n) is 11.1. The summed E-state index contributed by atoms with van der Waals surface area (Å²) >= 11 is 0. The number of hydrogen-bond acceptors (Lipinski definition) is 2. The molecule has 0 N–H and O–H groups in total. The zero-order valence-corrected chi connectivity index (χ0v) is 20.8. The molecule has 3 rings (SSSR count). The minimum Gasteiger partial charge on any atom is -0.461 e. The Bertz CT molecular complexity index is 725. The molecule has 2 aliphatic carbocycles. The van der Waals surface area contributed by atoms with Crippen molar-refractivity contribution in [2.75, 3.05) is 0 Å². The van der Waals surface area contributed by atoms with Gasteiger partial charge >= 0.3 is 0 Å². The van der Waals surface area contributed by atoms with Crippen LogP contribution < -0.4 is 0 Å². The predicted octanol–water partition coefficient (Wildman–Crippen LogP) is 8.10. The fourth-order valence-electron chi connectivity index (χ4n) is 5.28. The van der Waals surface area contributed by atoms with E-state index in [4.69, 9.17) is 4.74 Å². The highest BCUT2D eigenvalue weighted by molar-refractivity contribution is 5.44. The third kappa shape index (κ3) is 7.36. The Hall–Kier alpha value is -1.31. The summed E-state index contributed by atoms with van der Waals surface area (Å²) in [5, 5.41) is 0. The molecule has 1 aromatic rings. The van der Waals surface area contributed by atoms with Crippen LogP contribution in [0.25, 0.3) is 0 Å². The van der Waals surface area contributed by atoms with E-state index in [9.17, 15) is 4.79 Å². The van der Waals surface area contributed by atoms with Gasteiger partial charge in [0.15, 0.2) is 0 Å². The number of rotatable bonds is 16. The van der Waals surface area contributed by atoms with Gasteiger partial charge in [-0.1, -0.05) is 45.1 Å². The van der Waals surface area contributed by atoms with Gasteiger partial charge in [-0.2, -0.15) is 0 Å². The van der Waals surface area contributed by atoms with E-state index in [-0.39, 0.29) is 5.60 Å². The van der Waals surface area contributed by atoms with E-state index in [1.54, 1.807) is 16.7 Å². The number of benzene rings is 1. The Balaban J connectivity index is 1.37. The van der Waals surface area contributed by atoms with E-state index in [0.29, 0.717) is 6.47 Å². The van der Waals surface area contributed by atoms with Crippen molar-refractivity contribution in [2.45, 2.75) is 136 Å². The van der Waals surface area contributed by atoms with Crippen LogP contribution >= 0.6 is 0 Å². The van der Waals surface area contributed by atoms with Crippen molar-refractivity contribution in [3.63, 3.8) is 0 Å². The second kappa shape index (κ2) is 11.0. The van der Waals surface area contributed by atoms with Crippen LogP contribution in [-0.4, -0.2) is 12.1 Å². The van der Waals surface area contributed by atoms with Gasteiger partial charge < -0.3 is 4.74 Å². The van der Waals surface area contributed by atoms with Crippen LogP contribution in [0.3, 0.4) is 0 Å². The lowest BCUT2D eigenvalue weighted by Gasteiger charge is -2.18. The van der Waals surface area contributed by atoms with Crippen molar-refractivity contribution < 1.29 is 9.53 Å². The molecule has 2 saturated carbocycles. The summed E-state index contributed by atoms with van der Waals surface area (Å²) in [6, 6.07) is 2.46. The molecule has 2 aliphatic rings. The van der Waals surface area contributed by atoms with Gasteiger partial charge in [-0.15, -0.1) is 0 Å². The van der Waals surface area contributed by atoms with Crippen LogP contribution in [0.1, 0.15) is 125 Å². The molecule has 0 radical (unpaired) electrons. The number of ether oxygens (including phenoxy) is 1. The predicted molar refractivity (Wildman–Crippen MR) is 131 cm³/mol. The molecule has 31 heavy (non-hydrogen) atoms. The third-order valence-corrected chi connectivity index (χ3v) is 8.36. The van der Waals surface area contributed by atoms with Crippen molar-refractivity contribution in [1.29, 1.82) is 0 Å². The van der Waals surface area contributed by atoms with E-state index >= 15 is 0 Å². The van der Waals surface area contributed by atoms with Gasteiger partial charge in [0.25, 0.3) is 6.47 Å². The molecule has 0 aliphatic heterocycles. The van der Waals surface area contributed by atoms with Crippen molar-refractivity contribution >= 4 is 6.47 Å². The fourth-order valence-corrected chi connectivity index (χ4v) is 5.28. The molecule has 0 amide bonds. The van der Waals surface area contributed by atoms with Gasteiger partial charge in [-0.25, -0.2) is 0 Å². The molecule has 2 heteroatoms. The first-order valence-corrected chi connectivity index (χ1v) is 13.1. The van der Waals surface area contributed by atoms with Gasteiger partial charge in [0, 0.05) is 0 Å². The molecule has 0 heterocycles. The third-order valence-electron chi connectivity index (χ3n) is 8.36. The SMILES string of the molecule is Cc1cc(CCCCCCC2(C)CC2)c(C)c(CCCCCCC2(OC=O)CC2)c1C. The number of unbranched alkanes of at least 4 members (excludes halogenated alkanes) is 6. The molecule has 174 valence electrons. The fraction of sp³-hybridized carbons (Fsp3) is 0.759. The Morgan fingerprint density at radius 3 is 2.03 bits per heavy atom. The summed E-state index contributed by atoms with van der Waals surface area (Å²) < 4.78 is 5.26. The summed E-state index contributed by atoms with van der Waals surface area (Å²) in [6.07, 6.45) is 20.6. The smallest absolute Gasteiger partial charge is 0.293 e. The monoisotopic (exact) mass is 426 g/mol. The molecule has 2 fully saturated rings. The molecule has 0 spiro atoms. The number of carbonyl (C=O) groups excluding carboxylic acids is 1. The van der Waals surface area contributed by atoms with Crippen LogP contribution in [0, 0.1) is 26.2 Å². The largest absolute Gasteiger partial charge is 0.461 e. The zero-order valence-electron chi connectivity index (χ0n) is 20.8. The molecular formula is C29H46O2. The van der Waals surface area contributed by atoms with Crippen LogP contribution in [0.2, 0.25) is 0 Å². The van der Waals surface area contributed by atoms with Gasteiger partial charge in [-0.3, -0.25) is 4.79 Å². The summed E-state index contributed by atoms with van der Waals surface area (Å²) in [7, 11) is 0. The molecule has 2 nitrogen and oxygen atoms in total. The topological polar surface area (TPSA) is 26.3 Å². The maximum Gasteiger partial charge on any atom is 0.293 e. The number of hydrogen-bond donors (Lipinski definition) is 0. The normalized spacial score (nSPS) is 18.1. The van der Waals surface area contributed by atoms with E-state index in [0.717, 1.165) is 24.7 Å². The molecule has 1 aromatic carbocycles. The lowest BCUT2D eigenvalue weighted by Crippen LogP contribution is -2.12. The zero-order chi connectivity index (χ0) is 22.3. The van der Waals surface area contributed by atoms with Crippen molar-refractivity contribution in [2.24, 2.45) is 5.41 Å². The van der Waals surface area contributed by atoms with Gasteiger partial charge in [0.1, 0.15) is 5.60 Å². The Kier molecular flexibility index (Phi) is 8.65. The first-order valence-electron chi connectivity index (χ1n) is 13.1. The Morgan fingerprint density at radius 1 is 0.806 bits per heavy atom. The highest BCUT2D eigenvalue weighted by Gasteiger charge is 2.44. The second-order valence-corrected chi connectivity index (χ2v) is 11.1. The van der Waals surface area contributed by atoms with Crippen molar-refractivity contribution in [3.05, 3.63) is 33.9 Å². The Morgan fingerprint density at radius 2 is 1.42 bits per heavy atom. The lowest BCUT2D eigenvalue weighted by molar-refractivity contribution is -0.135. The standard InChI is InChI=1S/C29H46O2/c1-23-21-26(13-9-5-7-11-15-28(4)17-18-28)25(3)27(24(23)2)14-10-6-8-12-16-29(19-20-29)31-22-30/h21-22H,5-20H2,1-4H3. The minimum atomic E-state index is -0.0732. The van der Waals surface area contributed by atoms with Gasteiger partial charge in [-0.05, 0) is 125 Å². The minimum absolute atomic E-state index is 0.0732. The number of carbonyl (C=O) groups is 1. The molecule has 0 bridgehead atoms. The molecule has 0 aromatic heterocycles. The highest BCUT2D eigenvalue weighted by Crippen LogP contribution is 2.49. The molecule has 0 atom stereocenters. The van der Waals surface area contributed by atoms with Crippen LogP contribution in [0.5, 0.6) is 0 Å². The maximum absolute atomic E-state index is 10.6. The highest BCUT2D eigenvalue weighted by atomic mass is 16.5. The van der Waals surface area contributed by atoms with Crippen molar-refractivity contribution in [1.82, 2.24) is 0 Å². The van der Waals surface area contributed by atoms with Crippen LogP contribution in [0.4, 0.5) is 0 Å². The van der Waals surface area contributed by atoms with Crippen molar-refractivity contribution in [3.8, 4) is 0 Å². The van der Waals surface area contributed by atoms with Crippen LogP contribution in [0.15, 0.2) is 6.07 Å². The Labute approximate surface area is 191 Å². The quantitative estimate of drug-likeness (QED) is 0.197. The van der Waals surface area contributed by atoms with E-state index < -0.39 is 0 Å². The lowest BCUT2D eigenvalue weighted by atomic mass is 9.88. The summed E-state index contributed by atoms with van der Waals surface area (Å²) in [5.74, 6) is 0. The average molecular weight is 427 g/mol.